The lowest BCUT2D eigenvalue weighted by Gasteiger charge is -2.12. The summed E-state index contributed by atoms with van der Waals surface area (Å²) in [5, 5.41) is 8.78. The summed E-state index contributed by atoms with van der Waals surface area (Å²) >= 11 is 0. The van der Waals surface area contributed by atoms with E-state index in [-0.39, 0.29) is 18.3 Å². The molecule has 0 fully saturated rings. The van der Waals surface area contributed by atoms with Crippen LogP contribution in [0.5, 0.6) is 5.75 Å². The van der Waals surface area contributed by atoms with Crippen LogP contribution in [0, 0.1) is 5.82 Å². The van der Waals surface area contributed by atoms with Crippen LogP contribution in [0.2, 0.25) is 0 Å². The fourth-order valence-electron chi connectivity index (χ4n) is 1.26. The maximum absolute atomic E-state index is 13.3. The van der Waals surface area contributed by atoms with E-state index in [1.165, 1.54) is 13.2 Å². The molecule has 1 aromatic rings. The van der Waals surface area contributed by atoms with Crippen molar-refractivity contribution in [1.82, 2.24) is 4.90 Å². The van der Waals surface area contributed by atoms with Crippen molar-refractivity contribution < 1.29 is 14.2 Å². The van der Waals surface area contributed by atoms with E-state index in [1.807, 2.05) is 6.07 Å². The number of rotatable bonds is 5. The molecule has 0 heterocycles. The fraction of sp³-hybridized carbons (Fsp3) is 0.455. The van der Waals surface area contributed by atoms with Gasteiger partial charge in [-0.1, -0.05) is 6.07 Å². The molecule has 0 radical (unpaired) electrons. The van der Waals surface area contributed by atoms with Gasteiger partial charge < -0.3 is 9.84 Å². The summed E-state index contributed by atoms with van der Waals surface area (Å²) in [5.41, 5.74) is 0.897. The first-order valence-electron chi connectivity index (χ1n) is 4.79. The molecule has 15 heavy (non-hydrogen) atoms. The lowest BCUT2D eigenvalue weighted by atomic mass is 10.1. The summed E-state index contributed by atoms with van der Waals surface area (Å²) in [6, 6.07) is 4.90. The Morgan fingerprint density at radius 3 is 2.73 bits per heavy atom. The Balaban J connectivity index is 2.59. The SMILES string of the molecule is COc1ccc(CCN(C)CO)cc1F. The Labute approximate surface area is 89.1 Å². The number of aliphatic hydroxyl groups excluding tert-OH is 1. The average molecular weight is 213 g/mol. The predicted octanol–water partition coefficient (Wildman–Crippen LogP) is 1.26. The normalized spacial score (nSPS) is 10.7. The van der Waals surface area contributed by atoms with E-state index >= 15 is 0 Å². The molecule has 0 saturated heterocycles. The molecule has 0 atom stereocenters. The Morgan fingerprint density at radius 2 is 2.20 bits per heavy atom. The van der Waals surface area contributed by atoms with E-state index < -0.39 is 0 Å². The number of hydrogen-bond donors (Lipinski definition) is 1. The number of ether oxygens (including phenoxy) is 1. The number of aliphatic hydroxyl groups is 1. The lowest BCUT2D eigenvalue weighted by Crippen LogP contribution is -2.21. The first-order chi connectivity index (χ1) is 7.17. The standard InChI is InChI=1S/C11H16FNO2/c1-13(8-14)6-5-9-3-4-11(15-2)10(12)7-9/h3-4,7,14H,5-6,8H2,1-2H3. The quantitative estimate of drug-likeness (QED) is 0.747. The van der Waals surface area contributed by atoms with Gasteiger partial charge in [0.15, 0.2) is 11.6 Å². The molecule has 0 aliphatic heterocycles. The van der Waals surface area contributed by atoms with Gasteiger partial charge >= 0.3 is 0 Å². The fourth-order valence-corrected chi connectivity index (χ4v) is 1.26. The highest BCUT2D eigenvalue weighted by molar-refractivity contribution is 5.29. The van der Waals surface area contributed by atoms with Gasteiger partial charge in [-0.2, -0.15) is 0 Å². The van der Waals surface area contributed by atoms with Gasteiger partial charge in [0.2, 0.25) is 0 Å². The van der Waals surface area contributed by atoms with Crippen LogP contribution in [0.15, 0.2) is 18.2 Å². The molecule has 4 heteroatoms. The number of likely N-dealkylation sites (N-methyl/N-ethyl adjacent to an activating group) is 1. The van der Waals surface area contributed by atoms with Crippen molar-refractivity contribution in [1.29, 1.82) is 0 Å². The molecule has 0 unspecified atom stereocenters. The summed E-state index contributed by atoms with van der Waals surface area (Å²) in [4.78, 5) is 1.75. The van der Waals surface area contributed by atoms with Crippen LogP contribution in [0.4, 0.5) is 4.39 Å². The number of nitrogens with zero attached hydrogens (tertiary/aromatic N) is 1. The third kappa shape index (κ3) is 3.49. The summed E-state index contributed by atoms with van der Waals surface area (Å²) in [7, 11) is 3.25. The zero-order valence-electron chi connectivity index (χ0n) is 9.03. The van der Waals surface area contributed by atoms with Crippen molar-refractivity contribution in [2.75, 3.05) is 27.4 Å². The van der Waals surface area contributed by atoms with Crippen LogP contribution < -0.4 is 4.74 Å². The van der Waals surface area contributed by atoms with Gasteiger partial charge in [-0.25, -0.2) is 4.39 Å². The van der Waals surface area contributed by atoms with Crippen LogP contribution in [0.3, 0.4) is 0 Å². The maximum Gasteiger partial charge on any atom is 0.165 e. The molecular weight excluding hydrogens is 197 g/mol. The van der Waals surface area contributed by atoms with Gasteiger partial charge in [0.1, 0.15) is 0 Å². The van der Waals surface area contributed by atoms with Crippen LogP contribution in [0.1, 0.15) is 5.56 Å². The second-order valence-electron chi connectivity index (χ2n) is 3.44. The second kappa shape index (κ2) is 5.68. The number of hydrogen-bond acceptors (Lipinski definition) is 3. The zero-order valence-corrected chi connectivity index (χ0v) is 9.03. The zero-order chi connectivity index (χ0) is 11.3. The van der Waals surface area contributed by atoms with Crippen molar-refractivity contribution in [3.05, 3.63) is 29.6 Å². The topological polar surface area (TPSA) is 32.7 Å². The summed E-state index contributed by atoms with van der Waals surface area (Å²) in [5.74, 6) is -0.0871. The minimum absolute atomic E-state index is 0.0125. The molecular formula is C11H16FNO2. The van der Waals surface area contributed by atoms with Crippen molar-refractivity contribution in [2.24, 2.45) is 0 Å². The highest BCUT2D eigenvalue weighted by atomic mass is 19.1. The smallest absolute Gasteiger partial charge is 0.165 e. The van der Waals surface area contributed by atoms with E-state index in [4.69, 9.17) is 9.84 Å². The summed E-state index contributed by atoms with van der Waals surface area (Å²) in [6.45, 7) is 0.709. The molecule has 0 bridgehead atoms. The minimum atomic E-state index is -0.346. The van der Waals surface area contributed by atoms with Crippen LogP contribution in [-0.4, -0.2) is 37.4 Å². The average Bonchev–Trinajstić information content (AvgIpc) is 2.26. The highest BCUT2D eigenvalue weighted by Crippen LogP contribution is 2.17. The van der Waals surface area contributed by atoms with Crippen LogP contribution >= 0.6 is 0 Å². The molecule has 84 valence electrons. The second-order valence-corrected chi connectivity index (χ2v) is 3.44. The number of benzene rings is 1. The molecule has 0 aliphatic carbocycles. The molecule has 1 rings (SSSR count). The van der Waals surface area contributed by atoms with E-state index in [0.29, 0.717) is 13.0 Å². The van der Waals surface area contributed by atoms with Gasteiger partial charge in [0.05, 0.1) is 13.8 Å². The molecule has 1 N–H and O–H groups in total. The third-order valence-electron chi connectivity index (χ3n) is 2.24. The maximum atomic E-state index is 13.3. The van der Waals surface area contributed by atoms with Crippen molar-refractivity contribution in [2.45, 2.75) is 6.42 Å². The predicted molar refractivity (Wildman–Crippen MR) is 56.4 cm³/mol. The van der Waals surface area contributed by atoms with Gasteiger partial charge in [-0.05, 0) is 31.2 Å². The molecule has 0 saturated carbocycles. The third-order valence-corrected chi connectivity index (χ3v) is 2.24. The Hall–Kier alpha value is -1.13. The first kappa shape index (κ1) is 11.9. The Kier molecular flexibility index (Phi) is 4.52. The van der Waals surface area contributed by atoms with Gasteiger partial charge in [-0.3, -0.25) is 4.90 Å². The Morgan fingerprint density at radius 1 is 1.47 bits per heavy atom. The summed E-state index contributed by atoms with van der Waals surface area (Å²) < 4.78 is 18.1. The molecule has 0 aliphatic rings. The number of halogens is 1. The highest BCUT2D eigenvalue weighted by Gasteiger charge is 2.04. The molecule has 0 aromatic heterocycles. The van der Waals surface area contributed by atoms with E-state index in [9.17, 15) is 4.39 Å². The molecule has 1 aromatic carbocycles. The van der Waals surface area contributed by atoms with Crippen LogP contribution in [-0.2, 0) is 6.42 Å². The van der Waals surface area contributed by atoms with Crippen molar-refractivity contribution in [3.63, 3.8) is 0 Å². The minimum Gasteiger partial charge on any atom is -0.494 e. The molecule has 0 spiro atoms. The molecule has 3 nitrogen and oxygen atoms in total. The van der Waals surface area contributed by atoms with E-state index in [2.05, 4.69) is 0 Å². The van der Waals surface area contributed by atoms with Crippen molar-refractivity contribution in [3.8, 4) is 5.75 Å². The largest absolute Gasteiger partial charge is 0.494 e. The summed E-state index contributed by atoms with van der Waals surface area (Å²) in [6.07, 6.45) is 0.706. The van der Waals surface area contributed by atoms with Gasteiger partial charge in [-0.15, -0.1) is 0 Å². The van der Waals surface area contributed by atoms with E-state index in [1.54, 1.807) is 18.0 Å². The van der Waals surface area contributed by atoms with E-state index in [0.717, 1.165) is 5.56 Å². The monoisotopic (exact) mass is 213 g/mol. The van der Waals surface area contributed by atoms with Crippen LogP contribution in [0.25, 0.3) is 0 Å². The van der Waals surface area contributed by atoms with Gasteiger partial charge in [0, 0.05) is 6.54 Å². The van der Waals surface area contributed by atoms with Crippen molar-refractivity contribution >= 4 is 0 Å². The first-order valence-corrected chi connectivity index (χ1v) is 4.79. The Bertz CT molecular complexity index is 317. The van der Waals surface area contributed by atoms with Gasteiger partial charge in [0.25, 0.3) is 0 Å². The lowest BCUT2D eigenvalue weighted by molar-refractivity contribution is 0.134. The number of methoxy groups -OCH3 is 1. The molecule has 0 amide bonds.